The minimum Gasteiger partial charge on any atom is -0.317 e. The van der Waals surface area contributed by atoms with Gasteiger partial charge in [-0.3, -0.25) is 0 Å². The van der Waals surface area contributed by atoms with Gasteiger partial charge in [0.25, 0.3) is 0 Å². The monoisotopic (exact) mass is 275 g/mol. The molecule has 0 spiro atoms. The molecule has 0 unspecified atom stereocenters. The molecule has 0 aliphatic heterocycles. The molecule has 0 radical (unpaired) electrons. The van der Waals surface area contributed by atoms with E-state index in [9.17, 15) is 17.2 Å². The number of hydrogen-bond acceptors (Lipinski definition) is 3. The molecule has 18 heavy (non-hydrogen) atoms. The molecule has 0 saturated heterocycles. The molecule has 1 aliphatic carbocycles. The zero-order valence-electron chi connectivity index (χ0n) is 9.94. The van der Waals surface area contributed by atoms with Crippen LogP contribution in [0.1, 0.15) is 24.3 Å². The van der Waals surface area contributed by atoms with Gasteiger partial charge in [0.05, 0.1) is 4.90 Å². The molecule has 1 saturated carbocycles. The molecule has 0 atom stereocenters. The highest BCUT2D eigenvalue weighted by Gasteiger charge is 2.30. The largest absolute Gasteiger partial charge is 0.341 e. The average Bonchev–Trinajstić information content (AvgIpc) is 2.28. The number of rotatable bonds is 4. The topological polar surface area (TPSA) is 46.2 Å². The van der Waals surface area contributed by atoms with Gasteiger partial charge in [0.2, 0.25) is 9.84 Å². The van der Waals surface area contributed by atoms with Crippen molar-refractivity contribution in [1.29, 1.82) is 0 Å². The third-order valence-corrected chi connectivity index (χ3v) is 4.86. The summed E-state index contributed by atoms with van der Waals surface area (Å²) in [4.78, 5) is -0.314. The molecular weight excluding hydrogens is 260 g/mol. The molecule has 0 aromatic heterocycles. The van der Waals surface area contributed by atoms with Crippen molar-refractivity contribution >= 4 is 9.84 Å². The van der Waals surface area contributed by atoms with Crippen LogP contribution in [0.2, 0.25) is 0 Å². The second-order valence-corrected chi connectivity index (χ2v) is 6.45. The lowest BCUT2D eigenvalue weighted by Gasteiger charge is -2.35. The van der Waals surface area contributed by atoms with Gasteiger partial charge < -0.3 is 5.32 Å². The minimum atomic E-state index is -4.47. The van der Waals surface area contributed by atoms with Crippen LogP contribution in [-0.4, -0.2) is 27.3 Å². The summed E-state index contributed by atoms with van der Waals surface area (Å²) >= 11 is 0. The molecule has 1 aliphatic rings. The first-order valence-electron chi connectivity index (χ1n) is 5.74. The van der Waals surface area contributed by atoms with Gasteiger partial charge in [0, 0.05) is 6.04 Å². The molecule has 2 rings (SSSR count). The normalized spacial score (nSPS) is 24.0. The Hall–Kier alpha value is -1.01. The van der Waals surface area contributed by atoms with Crippen LogP contribution in [0.4, 0.5) is 8.78 Å². The van der Waals surface area contributed by atoms with Crippen molar-refractivity contribution in [1.82, 2.24) is 5.32 Å². The van der Waals surface area contributed by atoms with E-state index in [0.29, 0.717) is 12.0 Å². The van der Waals surface area contributed by atoms with Gasteiger partial charge in [0.15, 0.2) is 0 Å². The van der Waals surface area contributed by atoms with Crippen LogP contribution in [0, 0.1) is 0 Å². The molecule has 6 heteroatoms. The predicted molar refractivity (Wildman–Crippen MR) is 64.5 cm³/mol. The quantitative estimate of drug-likeness (QED) is 0.916. The second kappa shape index (κ2) is 4.93. The molecule has 1 aromatic rings. The summed E-state index contributed by atoms with van der Waals surface area (Å²) in [6.45, 7) is 0. The summed E-state index contributed by atoms with van der Waals surface area (Å²) in [5, 5.41) is 3.16. The van der Waals surface area contributed by atoms with Gasteiger partial charge in [-0.1, -0.05) is 12.1 Å². The number of nitrogens with one attached hydrogen (secondary N) is 1. The molecule has 100 valence electrons. The fourth-order valence-electron chi connectivity index (χ4n) is 2.16. The molecule has 1 N–H and O–H groups in total. The summed E-state index contributed by atoms with van der Waals surface area (Å²) in [5.74, 6) is -2.97. The van der Waals surface area contributed by atoms with E-state index in [2.05, 4.69) is 5.32 Å². The number of hydrogen-bond donors (Lipinski definition) is 1. The number of benzene rings is 1. The lowest BCUT2D eigenvalue weighted by Crippen LogP contribution is -2.37. The van der Waals surface area contributed by atoms with Crippen molar-refractivity contribution in [2.24, 2.45) is 0 Å². The van der Waals surface area contributed by atoms with E-state index in [4.69, 9.17) is 0 Å². The lowest BCUT2D eigenvalue weighted by atomic mass is 9.76. The molecule has 1 fully saturated rings. The summed E-state index contributed by atoms with van der Waals surface area (Å²) in [7, 11) is -2.57. The maximum Gasteiger partial charge on any atom is 0.341 e. The zero-order valence-corrected chi connectivity index (χ0v) is 10.8. The van der Waals surface area contributed by atoms with Crippen LogP contribution in [0.5, 0.6) is 0 Å². The van der Waals surface area contributed by atoms with E-state index in [0.717, 1.165) is 18.4 Å². The summed E-state index contributed by atoms with van der Waals surface area (Å²) in [6, 6.07) is 6.30. The van der Waals surface area contributed by atoms with Gasteiger partial charge >= 0.3 is 5.76 Å². The van der Waals surface area contributed by atoms with E-state index in [-0.39, 0.29) is 4.90 Å². The standard InChI is InChI=1S/C12H15F2NO2S/c1-15-10-6-9(7-10)8-2-4-11(5-3-8)18(16,17)12(13)14/h2-5,9-10,12,15H,6-7H2,1H3. The van der Waals surface area contributed by atoms with Crippen LogP contribution < -0.4 is 5.32 Å². The number of sulfone groups is 1. The fourth-order valence-corrected chi connectivity index (χ4v) is 2.88. The predicted octanol–water partition coefficient (Wildman–Crippen LogP) is 2.15. The first kappa shape index (κ1) is 13.4. The first-order chi connectivity index (χ1) is 8.45. The van der Waals surface area contributed by atoms with Gasteiger partial charge in [-0.15, -0.1) is 0 Å². The van der Waals surface area contributed by atoms with Crippen LogP contribution in [0.15, 0.2) is 29.2 Å². The Kier molecular flexibility index (Phi) is 3.68. The van der Waals surface area contributed by atoms with Crippen LogP contribution in [0.25, 0.3) is 0 Å². The van der Waals surface area contributed by atoms with Crippen molar-refractivity contribution in [3.63, 3.8) is 0 Å². The Balaban J connectivity index is 2.12. The maximum absolute atomic E-state index is 12.3. The minimum absolute atomic E-state index is 0.314. The number of alkyl halides is 2. The average molecular weight is 275 g/mol. The molecule has 0 bridgehead atoms. The van der Waals surface area contributed by atoms with Crippen molar-refractivity contribution < 1.29 is 17.2 Å². The van der Waals surface area contributed by atoms with Crippen molar-refractivity contribution in [2.75, 3.05) is 7.05 Å². The Morgan fingerprint density at radius 1 is 1.22 bits per heavy atom. The Morgan fingerprint density at radius 2 is 1.78 bits per heavy atom. The summed E-state index contributed by atoms with van der Waals surface area (Å²) in [5.41, 5.74) is 1.01. The zero-order chi connectivity index (χ0) is 13.3. The highest BCUT2D eigenvalue weighted by Crippen LogP contribution is 2.37. The molecular formula is C12H15F2NO2S. The summed E-state index contributed by atoms with van der Waals surface area (Å²) in [6.07, 6.45) is 1.99. The van der Waals surface area contributed by atoms with E-state index in [1.807, 2.05) is 7.05 Å². The van der Waals surface area contributed by atoms with E-state index in [1.165, 1.54) is 12.1 Å². The van der Waals surface area contributed by atoms with Gasteiger partial charge in [-0.05, 0) is 43.5 Å². The maximum atomic E-state index is 12.3. The third kappa shape index (κ3) is 2.40. The van der Waals surface area contributed by atoms with E-state index < -0.39 is 15.6 Å². The van der Waals surface area contributed by atoms with E-state index >= 15 is 0 Å². The Morgan fingerprint density at radius 3 is 2.22 bits per heavy atom. The van der Waals surface area contributed by atoms with Crippen LogP contribution >= 0.6 is 0 Å². The molecule has 3 nitrogen and oxygen atoms in total. The highest BCUT2D eigenvalue weighted by molar-refractivity contribution is 7.91. The first-order valence-corrected chi connectivity index (χ1v) is 7.29. The fraction of sp³-hybridized carbons (Fsp3) is 0.500. The van der Waals surface area contributed by atoms with Crippen molar-refractivity contribution in [3.8, 4) is 0 Å². The van der Waals surface area contributed by atoms with Gasteiger partial charge in [0.1, 0.15) is 0 Å². The summed E-state index contributed by atoms with van der Waals surface area (Å²) < 4.78 is 47.1. The van der Waals surface area contributed by atoms with E-state index in [1.54, 1.807) is 12.1 Å². The third-order valence-electron chi connectivity index (χ3n) is 3.46. The Bertz CT molecular complexity index is 507. The SMILES string of the molecule is CNC1CC(c2ccc(S(=O)(=O)C(F)F)cc2)C1. The highest BCUT2D eigenvalue weighted by atomic mass is 32.2. The van der Waals surface area contributed by atoms with Crippen LogP contribution in [0.3, 0.4) is 0 Å². The van der Waals surface area contributed by atoms with Crippen LogP contribution in [-0.2, 0) is 9.84 Å². The molecule has 1 aromatic carbocycles. The molecule has 0 amide bonds. The van der Waals surface area contributed by atoms with Gasteiger partial charge in [-0.25, -0.2) is 8.42 Å². The smallest absolute Gasteiger partial charge is 0.317 e. The molecule has 0 heterocycles. The number of halogens is 2. The lowest BCUT2D eigenvalue weighted by molar-refractivity contribution is 0.234. The Labute approximate surface area is 105 Å². The van der Waals surface area contributed by atoms with Gasteiger partial charge in [-0.2, -0.15) is 8.78 Å². The van der Waals surface area contributed by atoms with Crippen molar-refractivity contribution in [2.45, 2.75) is 35.5 Å². The second-order valence-electron chi connectivity index (χ2n) is 4.53. The van der Waals surface area contributed by atoms with Crippen molar-refractivity contribution in [3.05, 3.63) is 29.8 Å².